The second kappa shape index (κ2) is 6.50. The third kappa shape index (κ3) is 3.98. The number of aliphatic hydroxyl groups excluding tert-OH is 6. The molecule has 0 amide bonds. The van der Waals surface area contributed by atoms with Gasteiger partial charge in [0.1, 0.15) is 36.6 Å². The molecule has 10 heteroatoms. The molecule has 0 aromatic rings. The highest BCUT2D eigenvalue weighted by molar-refractivity contribution is 7.30. The fourth-order valence-electron chi connectivity index (χ4n) is 1.21. The zero-order chi connectivity index (χ0) is 13.0. The summed E-state index contributed by atoms with van der Waals surface area (Å²) >= 11 is 0. The Balaban J connectivity index is 0.000000487. The van der Waals surface area contributed by atoms with Gasteiger partial charge in [-0.15, -0.1) is 9.79 Å². The molecule has 0 aromatic carbocycles. The Hall–Kier alpha value is -0.220. The molecule has 8 N–H and O–H groups in total. The lowest BCUT2D eigenvalue weighted by molar-refractivity contribution is -0.223. The highest BCUT2D eigenvalue weighted by atomic mass is 31.1. The van der Waals surface area contributed by atoms with Crippen molar-refractivity contribution in [1.82, 2.24) is 0 Å². The lowest BCUT2D eigenvalue weighted by atomic mass is 9.85. The number of hydrogen-bond donors (Lipinski definition) is 8. The van der Waals surface area contributed by atoms with Crippen LogP contribution in [0.15, 0.2) is 0 Å². The van der Waals surface area contributed by atoms with E-state index >= 15 is 0 Å². The Morgan fingerprint density at radius 1 is 0.562 bits per heavy atom. The van der Waals surface area contributed by atoms with Crippen LogP contribution < -0.4 is 0 Å². The Kier molecular flexibility index (Phi) is 6.41. The Labute approximate surface area is 90.8 Å². The van der Waals surface area contributed by atoms with Gasteiger partial charge in [0.25, 0.3) is 0 Å². The van der Waals surface area contributed by atoms with Gasteiger partial charge in [0.05, 0.1) is 0 Å². The zero-order valence-corrected chi connectivity index (χ0v) is 8.79. The molecule has 0 radical (unpaired) electrons. The maximum Gasteiger partial charge on any atom is 0.692 e. The molecule has 1 saturated carbocycles. The van der Waals surface area contributed by atoms with Gasteiger partial charge >= 0.3 is 8.25 Å². The van der Waals surface area contributed by atoms with Crippen molar-refractivity contribution in [3.63, 3.8) is 0 Å². The third-order valence-electron chi connectivity index (χ3n) is 2.10. The molecule has 1 fully saturated rings. The summed E-state index contributed by atoms with van der Waals surface area (Å²) in [6, 6.07) is 0. The van der Waals surface area contributed by atoms with Crippen LogP contribution in [0.25, 0.3) is 0 Å². The summed E-state index contributed by atoms with van der Waals surface area (Å²) in [7, 11) is -2.87. The van der Waals surface area contributed by atoms with Crippen LogP contribution in [0.5, 0.6) is 0 Å². The molecule has 0 aromatic heterocycles. The average molecular weight is 261 g/mol. The van der Waals surface area contributed by atoms with Crippen molar-refractivity contribution in [2.45, 2.75) is 36.6 Å². The van der Waals surface area contributed by atoms with Crippen molar-refractivity contribution in [3.05, 3.63) is 0 Å². The molecule has 0 unspecified atom stereocenters. The average Bonchev–Trinajstić information content (AvgIpc) is 2.20. The predicted octanol–water partition coefficient (Wildman–Crippen LogP) is -4.21. The van der Waals surface area contributed by atoms with E-state index in [0.717, 1.165) is 0 Å². The third-order valence-corrected chi connectivity index (χ3v) is 2.10. The van der Waals surface area contributed by atoms with Gasteiger partial charge in [-0.3, -0.25) is 0 Å². The summed E-state index contributed by atoms with van der Waals surface area (Å²) in [5, 5.41) is 53.8. The molecule has 1 aliphatic carbocycles. The highest BCUT2D eigenvalue weighted by Gasteiger charge is 2.47. The fourth-order valence-corrected chi connectivity index (χ4v) is 1.21. The zero-order valence-electron chi connectivity index (χ0n) is 7.90. The number of aliphatic hydroxyl groups is 6. The van der Waals surface area contributed by atoms with Crippen LogP contribution in [-0.2, 0) is 4.57 Å². The van der Waals surface area contributed by atoms with Crippen LogP contribution in [0.4, 0.5) is 0 Å². The van der Waals surface area contributed by atoms with Crippen LogP contribution in [-0.4, -0.2) is 77.0 Å². The SMILES string of the molecule is O=[P+](O)O.OC1C(O)C(O)C(O)C(O)C1O. The van der Waals surface area contributed by atoms with Crippen molar-refractivity contribution in [3.8, 4) is 0 Å². The largest absolute Gasteiger partial charge is 0.692 e. The van der Waals surface area contributed by atoms with E-state index in [-0.39, 0.29) is 0 Å². The summed E-state index contributed by atoms with van der Waals surface area (Å²) in [4.78, 5) is 14.2. The maximum atomic E-state index is 8.97. The van der Waals surface area contributed by atoms with Gasteiger partial charge in [-0.05, 0) is 0 Å². The molecule has 16 heavy (non-hydrogen) atoms. The molecule has 0 atom stereocenters. The van der Waals surface area contributed by atoms with Crippen molar-refractivity contribution in [2.24, 2.45) is 0 Å². The van der Waals surface area contributed by atoms with E-state index in [1.807, 2.05) is 0 Å². The van der Waals surface area contributed by atoms with Crippen molar-refractivity contribution >= 4 is 8.25 Å². The monoisotopic (exact) mass is 261 g/mol. The first-order chi connectivity index (χ1) is 7.20. The van der Waals surface area contributed by atoms with E-state index in [0.29, 0.717) is 0 Å². The molecule has 0 saturated heterocycles. The van der Waals surface area contributed by atoms with Gasteiger partial charge in [-0.1, -0.05) is 0 Å². The molecule has 0 bridgehead atoms. The molecule has 0 spiro atoms. The van der Waals surface area contributed by atoms with Crippen LogP contribution >= 0.6 is 8.25 Å². The van der Waals surface area contributed by atoms with Crippen LogP contribution in [0.3, 0.4) is 0 Å². The van der Waals surface area contributed by atoms with Gasteiger partial charge in [-0.2, -0.15) is 0 Å². The first-order valence-corrected chi connectivity index (χ1v) is 5.30. The second-order valence-corrected chi connectivity index (χ2v) is 3.70. The van der Waals surface area contributed by atoms with Gasteiger partial charge in [-0.25, -0.2) is 0 Å². The summed E-state index contributed by atoms with van der Waals surface area (Å²) in [6.45, 7) is 0. The first-order valence-electron chi connectivity index (χ1n) is 4.13. The summed E-state index contributed by atoms with van der Waals surface area (Å²) in [5.41, 5.74) is 0. The van der Waals surface area contributed by atoms with E-state index in [9.17, 15) is 0 Å². The maximum absolute atomic E-state index is 8.97. The smallest absolute Gasteiger partial charge is 0.387 e. The first kappa shape index (κ1) is 15.8. The topological polar surface area (TPSA) is 179 Å². The van der Waals surface area contributed by atoms with E-state index in [4.69, 9.17) is 45.0 Å². The summed E-state index contributed by atoms with van der Waals surface area (Å²) in [5.74, 6) is 0. The summed E-state index contributed by atoms with van der Waals surface area (Å²) in [6.07, 6.45) is -9.84. The van der Waals surface area contributed by atoms with E-state index in [2.05, 4.69) is 0 Å². The summed E-state index contributed by atoms with van der Waals surface area (Å²) < 4.78 is 8.70. The van der Waals surface area contributed by atoms with Gasteiger partial charge < -0.3 is 30.6 Å². The molecular formula is C6H14O9P+. The molecule has 1 rings (SSSR count). The van der Waals surface area contributed by atoms with Crippen molar-refractivity contribution in [1.29, 1.82) is 0 Å². The molecular weight excluding hydrogens is 247 g/mol. The molecule has 96 valence electrons. The fraction of sp³-hybridized carbons (Fsp3) is 1.00. The Morgan fingerprint density at radius 2 is 0.625 bits per heavy atom. The van der Waals surface area contributed by atoms with Crippen molar-refractivity contribution in [2.75, 3.05) is 0 Å². The van der Waals surface area contributed by atoms with E-state index in [1.165, 1.54) is 0 Å². The van der Waals surface area contributed by atoms with Gasteiger partial charge in [0.2, 0.25) is 0 Å². The molecule has 0 heterocycles. The second-order valence-electron chi connectivity index (χ2n) is 3.20. The van der Waals surface area contributed by atoms with Crippen LogP contribution in [0, 0.1) is 0 Å². The van der Waals surface area contributed by atoms with Crippen LogP contribution in [0.2, 0.25) is 0 Å². The van der Waals surface area contributed by atoms with Crippen molar-refractivity contribution < 1.29 is 45.0 Å². The number of rotatable bonds is 0. The van der Waals surface area contributed by atoms with E-state index < -0.39 is 44.9 Å². The normalized spacial score (nSPS) is 43.2. The predicted molar refractivity (Wildman–Crippen MR) is 48.1 cm³/mol. The molecule has 1 aliphatic rings. The molecule has 0 aliphatic heterocycles. The lowest BCUT2D eigenvalue weighted by Gasteiger charge is -2.39. The Morgan fingerprint density at radius 3 is 0.688 bits per heavy atom. The van der Waals surface area contributed by atoms with E-state index in [1.54, 1.807) is 0 Å². The molecule has 9 nitrogen and oxygen atoms in total. The lowest BCUT2D eigenvalue weighted by Crippen LogP contribution is -2.63. The number of hydrogen-bond acceptors (Lipinski definition) is 7. The van der Waals surface area contributed by atoms with Gasteiger partial charge in [0.15, 0.2) is 0 Å². The Bertz CT molecular complexity index is 174. The quantitative estimate of drug-likeness (QED) is 0.200. The highest BCUT2D eigenvalue weighted by Crippen LogP contribution is 2.20. The van der Waals surface area contributed by atoms with Gasteiger partial charge in [0, 0.05) is 4.57 Å². The van der Waals surface area contributed by atoms with Crippen LogP contribution in [0.1, 0.15) is 0 Å². The minimum atomic E-state index is -2.87. The standard InChI is InChI=1S/C6H12O6.HO3P/c7-1-2(8)4(10)6(12)5(11)3(1)9;1-4(2)3/h1-12H;(H-,1,2,3)/p+1. The minimum Gasteiger partial charge on any atom is -0.387 e. The minimum absolute atomic E-state index is 1.64.